The second-order valence-corrected chi connectivity index (χ2v) is 6.75. The van der Waals surface area contributed by atoms with Crippen molar-refractivity contribution in [3.05, 3.63) is 35.9 Å². The summed E-state index contributed by atoms with van der Waals surface area (Å²) in [6.45, 7) is -0.382. The van der Waals surface area contributed by atoms with Crippen molar-refractivity contribution in [1.29, 1.82) is 0 Å². The highest BCUT2D eigenvalue weighted by atomic mass is 16.3. The molecule has 0 aliphatic heterocycles. The van der Waals surface area contributed by atoms with Gasteiger partial charge in [-0.2, -0.15) is 0 Å². The van der Waals surface area contributed by atoms with Crippen molar-refractivity contribution in [2.75, 3.05) is 6.61 Å². The van der Waals surface area contributed by atoms with Crippen LogP contribution in [0.4, 0.5) is 0 Å². The normalized spacial score (nSPS) is 26.7. The van der Waals surface area contributed by atoms with Gasteiger partial charge in [-0.25, -0.2) is 0 Å². The molecular weight excluding hydrogens is 292 g/mol. The summed E-state index contributed by atoms with van der Waals surface area (Å²) in [5.41, 5.74) is 0.884. The summed E-state index contributed by atoms with van der Waals surface area (Å²) in [7, 11) is 0. The number of aliphatic hydroxyl groups excluding tert-OH is 1. The molecule has 3 N–H and O–H groups in total. The minimum atomic E-state index is -0.870. The van der Waals surface area contributed by atoms with Gasteiger partial charge in [-0.3, -0.25) is 9.59 Å². The van der Waals surface area contributed by atoms with E-state index in [0.29, 0.717) is 5.92 Å². The van der Waals surface area contributed by atoms with Gasteiger partial charge in [0.15, 0.2) is 0 Å². The average molecular weight is 316 g/mol. The number of carbonyl (C=O) groups is 2. The zero-order valence-corrected chi connectivity index (χ0v) is 13.2. The minimum Gasteiger partial charge on any atom is -0.394 e. The van der Waals surface area contributed by atoms with Crippen LogP contribution in [0.3, 0.4) is 0 Å². The smallest absolute Gasteiger partial charge is 0.245 e. The van der Waals surface area contributed by atoms with Gasteiger partial charge in [0.05, 0.1) is 13.0 Å². The molecule has 23 heavy (non-hydrogen) atoms. The lowest BCUT2D eigenvalue weighted by Crippen LogP contribution is -2.52. The molecule has 0 radical (unpaired) electrons. The van der Waals surface area contributed by atoms with E-state index in [1.165, 1.54) is 19.3 Å². The van der Waals surface area contributed by atoms with Gasteiger partial charge >= 0.3 is 0 Å². The van der Waals surface area contributed by atoms with Crippen molar-refractivity contribution in [3.63, 3.8) is 0 Å². The molecule has 2 aliphatic rings. The van der Waals surface area contributed by atoms with Crippen LogP contribution in [0.1, 0.15) is 31.2 Å². The Morgan fingerprint density at radius 3 is 2.57 bits per heavy atom. The maximum atomic E-state index is 12.3. The molecule has 4 atom stereocenters. The van der Waals surface area contributed by atoms with E-state index in [4.69, 9.17) is 0 Å². The van der Waals surface area contributed by atoms with Gasteiger partial charge in [-0.15, -0.1) is 0 Å². The molecule has 5 nitrogen and oxygen atoms in total. The van der Waals surface area contributed by atoms with E-state index in [0.717, 1.165) is 17.9 Å². The highest BCUT2D eigenvalue weighted by Gasteiger charge is 2.40. The molecule has 1 aromatic carbocycles. The lowest BCUT2D eigenvalue weighted by atomic mass is 9.95. The molecule has 0 spiro atoms. The van der Waals surface area contributed by atoms with Gasteiger partial charge in [-0.1, -0.05) is 36.8 Å². The number of amides is 2. The SMILES string of the molecule is O=C(Cc1ccccc1)NC(CO)C(=O)NC1CC2CCC1C2. The molecule has 1 aromatic rings. The monoisotopic (exact) mass is 316 g/mol. The van der Waals surface area contributed by atoms with Crippen molar-refractivity contribution in [2.45, 2.75) is 44.2 Å². The molecule has 4 unspecified atom stereocenters. The molecule has 2 bridgehead atoms. The first-order valence-corrected chi connectivity index (χ1v) is 8.40. The van der Waals surface area contributed by atoms with Crippen LogP contribution >= 0.6 is 0 Å². The lowest BCUT2D eigenvalue weighted by molar-refractivity contribution is -0.130. The predicted molar refractivity (Wildman–Crippen MR) is 86.5 cm³/mol. The maximum absolute atomic E-state index is 12.3. The first-order valence-electron chi connectivity index (χ1n) is 8.40. The Morgan fingerprint density at radius 2 is 1.96 bits per heavy atom. The highest BCUT2D eigenvalue weighted by molar-refractivity contribution is 5.88. The average Bonchev–Trinajstić information content (AvgIpc) is 3.16. The van der Waals surface area contributed by atoms with Crippen molar-refractivity contribution in [2.24, 2.45) is 11.8 Å². The Kier molecular flexibility index (Phi) is 4.96. The van der Waals surface area contributed by atoms with Gasteiger partial charge in [0, 0.05) is 6.04 Å². The zero-order valence-electron chi connectivity index (χ0n) is 13.2. The summed E-state index contributed by atoms with van der Waals surface area (Å²) in [6, 6.07) is 8.70. The van der Waals surface area contributed by atoms with Crippen molar-refractivity contribution in [1.82, 2.24) is 10.6 Å². The standard InChI is InChI=1S/C18H24N2O3/c21-11-16(19-17(22)10-12-4-2-1-3-5-12)18(23)20-15-9-13-6-7-14(15)8-13/h1-5,13-16,21H,6-11H2,(H,19,22)(H,20,23). The van der Waals surface area contributed by atoms with Crippen LogP contribution in [0.15, 0.2) is 30.3 Å². The molecule has 0 saturated heterocycles. The minimum absolute atomic E-state index is 0.207. The third-order valence-corrected chi connectivity index (χ3v) is 5.11. The first-order chi connectivity index (χ1) is 11.2. The maximum Gasteiger partial charge on any atom is 0.245 e. The van der Waals surface area contributed by atoms with Gasteiger partial charge < -0.3 is 15.7 Å². The Balaban J connectivity index is 1.50. The number of benzene rings is 1. The molecule has 3 rings (SSSR count). The van der Waals surface area contributed by atoms with Crippen LogP contribution in [0.2, 0.25) is 0 Å². The van der Waals surface area contributed by atoms with E-state index in [1.54, 1.807) is 0 Å². The summed E-state index contributed by atoms with van der Waals surface area (Å²) < 4.78 is 0. The van der Waals surface area contributed by atoms with Crippen LogP contribution in [0.5, 0.6) is 0 Å². The second kappa shape index (κ2) is 7.13. The number of rotatable bonds is 6. The van der Waals surface area contributed by atoms with E-state index < -0.39 is 6.04 Å². The van der Waals surface area contributed by atoms with Gasteiger partial charge in [0.2, 0.25) is 11.8 Å². The van der Waals surface area contributed by atoms with Crippen LogP contribution in [0, 0.1) is 11.8 Å². The van der Waals surface area contributed by atoms with Crippen LogP contribution in [-0.4, -0.2) is 35.6 Å². The summed E-state index contributed by atoms with van der Waals surface area (Å²) in [4.78, 5) is 24.4. The van der Waals surface area contributed by atoms with Gasteiger partial charge in [-0.05, 0) is 36.7 Å². The summed E-state index contributed by atoms with van der Waals surface area (Å²) in [5.74, 6) is 0.790. The molecular formula is C18H24N2O3. The fourth-order valence-electron chi connectivity index (χ4n) is 3.93. The Morgan fingerprint density at radius 1 is 1.17 bits per heavy atom. The fourth-order valence-corrected chi connectivity index (χ4v) is 3.93. The number of hydrogen-bond donors (Lipinski definition) is 3. The molecule has 2 saturated carbocycles. The van der Waals surface area contributed by atoms with E-state index >= 15 is 0 Å². The van der Waals surface area contributed by atoms with Crippen molar-refractivity contribution < 1.29 is 14.7 Å². The van der Waals surface area contributed by atoms with E-state index in [-0.39, 0.29) is 30.9 Å². The molecule has 0 heterocycles. The number of aliphatic hydroxyl groups is 1. The fraction of sp³-hybridized carbons (Fsp3) is 0.556. The molecule has 0 aromatic heterocycles. The first kappa shape index (κ1) is 16.0. The molecule has 2 amide bonds. The molecule has 2 fully saturated rings. The van der Waals surface area contributed by atoms with Crippen molar-refractivity contribution in [3.8, 4) is 0 Å². The highest BCUT2D eigenvalue weighted by Crippen LogP contribution is 2.44. The quantitative estimate of drug-likeness (QED) is 0.733. The predicted octanol–water partition coefficient (Wildman–Crippen LogP) is 1.01. The number of carbonyl (C=O) groups excluding carboxylic acids is 2. The Bertz CT molecular complexity index is 561. The number of nitrogens with one attached hydrogen (secondary N) is 2. The third kappa shape index (κ3) is 3.91. The summed E-state index contributed by atoms with van der Waals surface area (Å²) in [5, 5.41) is 15.1. The molecule has 5 heteroatoms. The van der Waals surface area contributed by atoms with Crippen LogP contribution < -0.4 is 10.6 Å². The van der Waals surface area contributed by atoms with E-state index in [9.17, 15) is 14.7 Å². The van der Waals surface area contributed by atoms with Crippen LogP contribution in [0.25, 0.3) is 0 Å². The summed E-state index contributed by atoms with van der Waals surface area (Å²) in [6.07, 6.45) is 4.90. The second-order valence-electron chi connectivity index (χ2n) is 6.75. The lowest BCUT2D eigenvalue weighted by Gasteiger charge is -2.25. The topological polar surface area (TPSA) is 78.4 Å². The Labute approximate surface area is 136 Å². The number of hydrogen-bond acceptors (Lipinski definition) is 3. The third-order valence-electron chi connectivity index (χ3n) is 5.11. The summed E-state index contributed by atoms with van der Waals surface area (Å²) >= 11 is 0. The Hall–Kier alpha value is -1.88. The van der Waals surface area contributed by atoms with E-state index in [2.05, 4.69) is 10.6 Å². The number of fused-ring (bicyclic) bond motifs is 2. The molecule has 2 aliphatic carbocycles. The zero-order chi connectivity index (χ0) is 16.2. The van der Waals surface area contributed by atoms with Gasteiger partial charge in [0.25, 0.3) is 0 Å². The van der Waals surface area contributed by atoms with E-state index in [1.807, 2.05) is 30.3 Å². The van der Waals surface area contributed by atoms with Gasteiger partial charge in [0.1, 0.15) is 6.04 Å². The van der Waals surface area contributed by atoms with Crippen molar-refractivity contribution >= 4 is 11.8 Å². The largest absolute Gasteiger partial charge is 0.394 e. The molecule has 124 valence electrons. The van der Waals surface area contributed by atoms with Crippen LogP contribution in [-0.2, 0) is 16.0 Å².